The van der Waals surface area contributed by atoms with Gasteiger partial charge in [0.1, 0.15) is 0 Å². The first-order valence-electron chi connectivity index (χ1n) is 6.54. The molecule has 0 amide bonds. The third kappa shape index (κ3) is 4.27. The SMILES string of the molecule is CC(CN1CCOCC1)NS(=O)(=O)c1ccc(C(=O)O)o1. The number of nitrogens with one attached hydrogen (secondary N) is 1. The molecule has 1 unspecified atom stereocenters. The zero-order chi connectivity index (χ0) is 15.5. The van der Waals surface area contributed by atoms with Gasteiger partial charge in [-0.25, -0.2) is 17.9 Å². The summed E-state index contributed by atoms with van der Waals surface area (Å²) in [4.78, 5) is 12.8. The molecular formula is C12H18N2O6S. The third-order valence-corrected chi connectivity index (χ3v) is 4.51. The zero-order valence-electron chi connectivity index (χ0n) is 11.6. The summed E-state index contributed by atoms with van der Waals surface area (Å²) in [7, 11) is -3.86. The van der Waals surface area contributed by atoms with Crippen molar-refractivity contribution in [3.05, 3.63) is 17.9 Å². The van der Waals surface area contributed by atoms with Crippen LogP contribution in [0.3, 0.4) is 0 Å². The van der Waals surface area contributed by atoms with Crippen LogP contribution in [0.1, 0.15) is 17.5 Å². The summed E-state index contributed by atoms with van der Waals surface area (Å²) < 4.78 is 36.7. The van der Waals surface area contributed by atoms with E-state index in [1.54, 1.807) is 6.92 Å². The highest BCUT2D eigenvalue weighted by Crippen LogP contribution is 2.14. The van der Waals surface area contributed by atoms with Crippen LogP contribution in [0.5, 0.6) is 0 Å². The molecule has 1 aromatic rings. The molecular weight excluding hydrogens is 300 g/mol. The fourth-order valence-corrected chi connectivity index (χ4v) is 3.28. The lowest BCUT2D eigenvalue weighted by molar-refractivity contribution is 0.0354. The van der Waals surface area contributed by atoms with Crippen LogP contribution in [0.4, 0.5) is 0 Å². The smallest absolute Gasteiger partial charge is 0.371 e. The number of morpholine rings is 1. The van der Waals surface area contributed by atoms with E-state index in [1.807, 2.05) is 0 Å². The maximum absolute atomic E-state index is 12.1. The van der Waals surface area contributed by atoms with Gasteiger partial charge in [0, 0.05) is 25.7 Å². The molecule has 21 heavy (non-hydrogen) atoms. The number of hydrogen-bond donors (Lipinski definition) is 2. The van der Waals surface area contributed by atoms with E-state index in [0.29, 0.717) is 19.8 Å². The number of carboxylic acid groups (broad SMARTS) is 1. The monoisotopic (exact) mass is 318 g/mol. The van der Waals surface area contributed by atoms with E-state index >= 15 is 0 Å². The molecule has 1 aliphatic heterocycles. The van der Waals surface area contributed by atoms with Gasteiger partial charge >= 0.3 is 5.97 Å². The van der Waals surface area contributed by atoms with E-state index in [2.05, 4.69) is 9.62 Å². The summed E-state index contributed by atoms with van der Waals surface area (Å²) in [5.41, 5.74) is 0. The highest BCUT2D eigenvalue weighted by atomic mass is 32.2. The number of furan rings is 1. The second-order valence-electron chi connectivity index (χ2n) is 4.86. The van der Waals surface area contributed by atoms with Crippen molar-refractivity contribution < 1.29 is 27.5 Å². The van der Waals surface area contributed by atoms with E-state index in [0.717, 1.165) is 25.2 Å². The summed E-state index contributed by atoms with van der Waals surface area (Å²) >= 11 is 0. The van der Waals surface area contributed by atoms with E-state index in [-0.39, 0.29) is 6.04 Å². The number of carbonyl (C=O) groups is 1. The predicted octanol–water partition coefficient (Wildman–Crippen LogP) is -0.0232. The summed E-state index contributed by atoms with van der Waals surface area (Å²) in [6.07, 6.45) is 0. The second kappa shape index (κ2) is 6.56. The Hall–Kier alpha value is -1.42. The van der Waals surface area contributed by atoms with Crippen LogP contribution in [0, 0.1) is 0 Å². The van der Waals surface area contributed by atoms with Crippen LogP contribution in [0.15, 0.2) is 21.6 Å². The van der Waals surface area contributed by atoms with Gasteiger partial charge in [-0.3, -0.25) is 4.90 Å². The molecule has 1 aromatic heterocycles. The highest BCUT2D eigenvalue weighted by Gasteiger charge is 2.24. The molecule has 0 bridgehead atoms. The molecule has 1 aliphatic rings. The molecule has 1 atom stereocenters. The lowest BCUT2D eigenvalue weighted by Crippen LogP contribution is -2.45. The first-order chi connectivity index (χ1) is 9.88. The van der Waals surface area contributed by atoms with Gasteiger partial charge in [-0.15, -0.1) is 0 Å². The largest absolute Gasteiger partial charge is 0.475 e. The zero-order valence-corrected chi connectivity index (χ0v) is 12.4. The lowest BCUT2D eigenvalue weighted by atomic mass is 10.3. The van der Waals surface area contributed by atoms with Crippen LogP contribution in [-0.2, 0) is 14.8 Å². The number of sulfonamides is 1. The van der Waals surface area contributed by atoms with Crippen molar-refractivity contribution >= 4 is 16.0 Å². The Balaban J connectivity index is 1.97. The lowest BCUT2D eigenvalue weighted by Gasteiger charge is -2.29. The predicted molar refractivity (Wildman–Crippen MR) is 72.7 cm³/mol. The number of carboxylic acids is 1. The van der Waals surface area contributed by atoms with Gasteiger partial charge in [-0.1, -0.05) is 0 Å². The molecule has 1 fully saturated rings. The van der Waals surface area contributed by atoms with Crippen molar-refractivity contribution in [2.24, 2.45) is 0 Å². The van der Waals surface area contributed by atoms with Gasteiger partial charge in [-0.05, 0) is 19.1 Å². The van der Waals surface area contributed by atoms with E-state index in [9.17, 15) is 13.2 Å². The number of hydrogen-bond acceptors (Lipinski definition) is 6. The number of nitrogens with zero attached hydrogens (tertiary/aromatic N) is 1. The minimum absolute atomic E-state index is 0.327. The third-order valence-electron chi connectivity index (χ3n) is 3.05. The molecule has 2 N–H and O–H groups in total. The van der Waals surface area contributed by atoms with Gasteiger partial charge < -0.3 is 14.3 Å². The molecule has 0 spiro atoms. The average Bonchev–Trinajstić information content (AvgIpc) is 2.89. The average molecular weight is 318 g/mol. The second-order valence-corrected chi connectivity index (χ2v) is 6.50. The van der Waals surface area contributed by atoms with Crippen molar-refractivity contribution in [3.63, 3.8) is 0 Å². The molecule has 118 valence electrons. The molecule has 0 aromatic carbocycles. The summed E-state index contributed by atoms with van der Waals surface area (Å²) in [6.45, 7) is 5.09. The Morgan fingerprint density at radius 3 is 2.67 bits per heavy atom. The normalized spacial score (nSPS) is 18.5. The number of rotatable bonds is 6. The highest BCUT2D eigenvalue weighted by molar-refractivity contribution is 7.89. The fourth-order valence-electron chi connectivity index (χ4n) is 2.11. The summed E-state index contributed by atoms with van der Waals surface area (Å²) in [6, 6.07) is 1.92. The van der Waals surface area contributed by atoms with Gasteiger partial charge in [0.2, 0.25) is 10.9 Å². The Kier molecular flexibility index (Phi) is 4.99. The molecule has 2 heterocycles. The van der Waals surface area contributed by atoms with Gasteiger partial charge in [-0.2, -0.15) is 0 Å². The Bertz CT molecular complexity index is 591. The van der Waals surface area contributed by atoms with Gasteiger partial charge in [0.05, 0.1) is 13.2 Å². The van der Waals surface area contributed by atoms with Crippen molar-refractivity contribution in [1.29, 1.82) is 0 Å². The minimum atomic E-state index is -3.86. The number of aromatic carboxylic acids is 1. The van der Waals surface area contributed by atoms with Crippen molar-refractivity contribution in [2.75, 3.05) is 32.8 Å². The molecule has 2 rings (SSSR count). The molecule has 8 nitrogen and oxygen atoms in total. The van der Waals surface area contributed by atoms with Crippen molar-refractivity contribution in [1.82, 2.24) is 9.62 Å². The van der Waals surface area contributed by atoms with E-state index in [1.165, 1.54) is 0 Å². The summed E-state index contributed by atoms with van der Waals surface area (Å²) in [5, 5.41) is 8.34. The summed E-state index contributed by atoms with van der Waals surface area (Å²) in [5.74, 6) is -1.71. The van der Waals surface area contributed by atoms with Crippen LogP contribution in [0.25, 0.3) is 0 Å². The topological polar surface area (TPSA) is 109 Å². The minimum Gasteiger partial charge on any atom is -0.475 e. The quantitative estimate of drug-likeness (QED) is 0.758. The first-order valence-corrected chi connectivity index (χ1v) is 8.02. The van der Waals surface area contributed by atoms with Crippen LogP contribution in [-0.4, -0.2) is 63.3 Å². The standard InChI is InChI=1S/C12H18N2O6S/c1-9(8-14-4-6-19-7-5-14)13-21(17,18)11-3-2-10(20-11)12(15)16/h2-3,9,13H,4-8H2,1H3,(H,15,16). The van der Waals surface area contributed by atoms with Crippen molar-refractivity contribution in [3.8, 4) is 0 Å². The van der Waals surface area contributed by atoms with Crippen LogP contribution in [0.2, 0.25) is 0 Å². The Morgan fingerprint density at radius 1 is 1.43 bits per heavy atom. The van der Waals surface area contributed by atoms with Crippen molar-refractivity contribution in [2.45, 2.75) is 18.1 Å². The molecule has 9 heteroatoms. The van der Waals surface area contributed by atoms with E-state index < -0.39 is 26.8 Å². The molecule has 1 saturated heterocycles. The van der Waals surface area contributed by atoms with Crippen LogP contribution >= 0.6 is 0 Å². The van der Waals surface area contributed by atoms with Gasteiger partial charge in [0.25, 0.3) is 10.0 Å². The fraction of sp³-hybridized carbons (Fsp3) is 0.583. The number of ether oxygens (including phenoxy) is 1. The van der Waals surface area contributed by atoms with Crippen LogP contribution < -0.4 is 4.72 Å². The maximum atomic E-state index is 12.1. The maximum Gasteiger partial charge on any atom is 0.371 e. The molecule has 0 saturated carbocycles. The Morgan fingerprint density at radius 2 is 2.10 bits per heavy atom. The van der Waals surface area contributed by atoms with Gasteiger partial charge in [0.15, 0.2) is 0 Å². The van der Waals surface area contributed by atoms with E-state index in [4.69, 9.17) is 14.3 Å². The molecule has 0 radical (unpaired) electrons. The first kappa shape index (κ1) is 16.0. The Labute approximate surface area is 122 Å². The molecule has 0 aliphatic carbocycles.